The molecule has 4 N–H and O–H groups in total. The van der Waals surface area contributed by atoms with Crippen LogP contribution in [0.4, 0.5) is 5.69 Å². The molecule has 2 nitrogen and oxygen atoms in total. The number of rotatable bonds is 2. The van der Waals surface area contributed by atoms with Crippen LogP contribution in [0.5, 0.6) is 0 Å². The van der Waals surface area contributed by atoms with Crippen LogP contribution in [0.1, 0.15) is 50.1 Å². The average Bonchev–Trinajstić information content (AvgIpc) is 2.37. The molecule has 1 unspecified atom stereocenters. The molecule has 1 atom stereocenters. The second-order valence-electron chi connectivity index (χ2n) is 7.39. The molecule has 102 valence electrons. The zero-order valence-corrected chi connectivity index (χ0v) is 11.5. The molecule has 0 spiro atoms. The van der Waals surface area contributed by atoms with E-state index >= 15 is 0 Å². The highest BCUT2D eigenvalue weighted by Crippen LogP contribution is 2.63. The SMILES string of the molecule is Nc1ccccc1C(N)C12CC3CC(CC(C3)C1)C2. The van der Waals surface area contributed by atoms with Gasteiger partial charge < -0.3 is 11.5 Å². The number of benzene rings is 1. The van der Waals surface area contributed by atoms with Gasteiger partial charge >= 0.3 is 0 Å². The van der Waals surface area contributed by atoms with Gasteiger partial charge in [0.15, 0.2) is 0 Å². The number of anilines is 1. The predicted molar refractivity (Wildman–Crippen MR) is 78.4 cm³/mol. The first kappa shape index (κ1) is 11.8. The summed E-state index contributed by atoms with van der Waals surface area (Å²) in [5, 5.41) is 0. The van der Waals surface area contributed by atoms with E-state index in [2.05, 4.69) is 12.1 Å². The molecule has 0 heterocycles. The summed E-state index contributed by atoms with van der Waals surface area (Å²) in [5.74, 6) is 2.84. The summed E-state index contributed by atoms with van der Waals surface area (Å²) in [5.41, 5.74) is 15.3. The topological polar surface area (TPSA) is 52.0 Å². The molecule has 1 aromatic carbocycles. The van der Waals surface area contributed by atoms with E-state index in [1.54, 1.807) is 0 Å². The van der Waals surface area contributed by atoms with Crippen LogP contribution in [0.2, 0.25) is 0 Å². The maximum absolute atomic E-state index is 6.71. The molecule has 4 fully saturated rings. The molecule has 0 aliphatic heterocycles. The number of hydrogen-bond acceptors (Lipinski definition) is 2. The van der Waals surface area contributed by atoms with Crippen LogP contribution in [-0.2, 0) is 0 Å². The van der Waals surface area contributed by atoms with Gasteiger partial charge in [-0.15, -0.1) is 0 Å². The van der Waals surface area contributed by atoms with Crippen molar-refractivity contribution in [3.63, 3.8) is 0 Å². The van der Waals surface area contributed by atoms with Gasteiger partial charge in [-0.1, -0.05) is 18.2 Å². The van der Waals surface area contributed by atoms with Crippen molar-refractivity contribution >= 4 is 5.69 Å². The minimum Gasteiger partial charge on any atom is -0.398 e. The number of nitrogen functional groups attached to an aromatic ring is 1. The normalized spacial score (nSPS) is 41.4. The van der Waals surface area contributed by atoms with E-state index in [4.69, 9.17) is 11.5 Å². The van der Waals surface area contributed by atoms with E-state index in [0.717, 1.165) is 23.4 Å². The van der Waals surface area contributed by atoms with Crippen molar-refractivity contribution in [1.29, 1.82) is 0 Å². The van der Waals surface area contributed by atoms with Crippen LogP contribution in [0.25, 0.3) is 0 Å². The Balaban J connectivity index is 1.70. The van der Waals surface area contributed by atoms with E-state index in [1.807, 2.05) is 12.1 Å². The average molecular weight is 256 g/mol. The van der Waals surface area contributed by atoms with Crippen LogP contribution in [0.3, 0.4) is 0 Å². The van der Waals surface area contributed by atoms with Crippen molar-refractivity contribution in [3.8, 4) is 0 Å². The van der Waals surface area contributed by atoms with Crippen LogP contribution in [0.15, 0.2) is 24.3 Å². The van der Waals surface area contributed by atoms with Crippen molar-refractivity contribution in [2.24, 2.45) is 28.9 Å². The standard InChI is InChI=1S/C17H24N2/c18-15-4-2-1-3-14(15)16(19)17-8-11-5-12(9-17)7-13(6-11)10-17/h1-4,11-13,16H,5-10,18-19H2. The maximum Gasteiger partial charge on any atom is 0.0372 e. The molecule has 0 saturated heterocycles. The van der Waals surface area contributed by atoms with Gasteiger partial charge in [-0.05, 0) is 73.3 Å². The van der Waals surface area contributed by atoms with Gasteiger partial charge in [0, 0.05) is 11.7 Å². The Labute approximate surface area is 115 Å². The minimum absolute atomic E-state index is 0.141. The van der Waals surface area contributed by atoms with Gasteiger partial charge in [0.05, 0.1) is 0 Å². The largest absolute Gasteiger partial charge is 0.398 e. The molecule has 4 bridgehead atoms. The first-order chi connectivity index (χ1) is 9.16. The molecule has 1 aromatic rings. The van der Waals surface area contributed by atoms with E-state index in [0.29, 0.717) is 5.41 Å². The molecule has 5 rings (SSSR count). The second kappa shape index (κ2) is 3.99. The van der Waals surface area contributed by atoms with Crippen molar-refractivity contribution in [3.05, 3.63) is 29.8 Å². The molecule has 0 amide bonds. The van der Waals surface area contributed by atoms with E-state index in [1.165, 1.54) is 44.1 Å². The fraction of sp³-hybridized carbons (Fsp3) is 0.647. The summed E-state index contributed by atoms with van der Waals surface area (Å²) in [6, 6.07) is 8.35. The molecule has 19 heavy (non-hydrogen) atoms. The third-order valence-corrected chi connectivity index (χ3v) is 6.08. The quantitative estimate of drug-likeness (QED) is 0.796. The monoisotopic (exact) mass is 256 g/mol. The Morgan fingerprint density at radius 1 is 0.947 bits per heavy atom. The third-order valence-electron chi connectivity index (χ3n) is 6.08. The lowest BCUT2D eigenvalue weighted by molar-refractivity contribution is -0.0676. The third kappa shape index (κ3) is 1.73. The van der Waals surface area contributed by atoms with Gasteiger partial charge in [-0.2, -0.15) is 0 Å². The highest BCUT2D eigenvalue weighted by Gasteiger charge is 2.53. The Morgan fingerprint density at radius 2 is 1.47 bits per heavy atom. The Kier molecular flexibility index (Phi) is 2.47. The highest BCUT2D eigenvalue weighted by atomic mass is 14.8. The van der Waals surface area contributed by atoms with Gasteiger partial charge in [0.2, 0.25) is 0 Å². The molecule has 0 aromatic heterocycles. The van der Waals surface area contributed by atoms with E-state index in [9.17, 15) is 0 Å². The van der Waals surface area contributed by atoms with Crippen molar-refractivity contribution < 1.29 is 0 Å². The zero-order chi connectivity index (χ0) is 13.0. The molecule has 4 saturated carbocycles. The van der Waals surface area contributed by atoms with Crippen LogP contribution >= 0.6 is 0 Å². The lowest BCUT2D eigenvalue weighted by Gasteiger charge is -2.59. The zero-order valence-electron chi connectivity index (χ0n) is 11.5. The number of para-hydroxylation sites is 1. The second-order valence-corrected chi connectivity index (χ2v) is 7.39. The molecule has 4 aliphatic rings. The van der Waals surface area contributed by atoms with Crippen molar-refractivity contribution in [2.45, 2.75) is 44.6 Å². The Morgan fingerprint density at radius 3 is 2.00 bits per heavy atom. The van der Waals surface area contributed by atoms with Crippen LogP contribution in [0, 0.1) is 23.2 Å². The van der Waals surface area contributed by atoms with E-state index < -0.39 is 0 Å². The van der Waals surface area contributed by atoms with Crippen molar-refractivity contribution in [2.75, 3.05) is 5.73 Å². The molecule has 0 radical (unpaired) electrons. The van der Waals surface area contributed by atoms with Gasteiger partial charge in [0.1, 0.15) is 0 Å². The smallest absolute Gasteiger partial charge is 0.0372 e. The van der Waals surface area contributed by atoms with Crippen molar-refractivity contribution in [1.82, 2.24) is 0 Å². The number of nitrogens with two attached hydrogens (primary N) is 2. The molecular formula is C17H24N2. The maximum atomic E-state index is 6.71. The summed E-state index contributed by atoms with van der Waals surface area (Å²) in [4.78, 5) is 0. The summed E-state index contributed by atoms with van der Waals surface area (Å²) in [7, 11) is 0. The van der Waals surface area contributed by atoms with Gasteiger partial charge in [-0.3, -0.25) is 0 Å². The lowest BCUT2D eigenvalue weighted by Crippen LogP contribution is -2.50. The van der Waals surface area contributed by atoms with E-state index in [-0.39, 0.29) is 6.04 Å². The van der Waals surface area contributed by atoms with Gasteiger partial charge in [-0.25, -0.2) is 0 Å². The summed E-state index contributed by atoms with van der Waals surface area (Å²) in [6.45, 7) is 0. The minimum atomic E-state index is 0.141. The molecular weight excluding hydrogens is 232 g/mol. The Bertz CT molecular complexity index is 459. The Hall–Kier alpha value is -1.02. The summed E-state index contributed by atoms with van der Waals surface area (Å²) < 4.78 is 0. The van der Waals surface area contributed by atoms with Crippen LogP contribution < -0.4 is 11.5 Å². The molecule has 4 aliphatic carbocycles. The first-order valence-electron chi connectivity index (χ1n) is 7.76. The van der Waals surface area contributed by atoms with Gasteiger partial charge in [0.25, 0.3) is 0 Å². The lowest BCUT2D eigenvalue weighted by atomic mass is 9.47. The molecule has 2 heteroatoms. The summed E-state index contributed by atoms with van der Waals surface area (Å²) >= 11 is 0. The first-order valence-corrected chi connectivity index (χ1v) is 7.76. The number of hydrogen-bond donors (Lipinski definition) is 2. The predicted octanol–water partition coefficient (Wildman–Crippen LogP) is 3.49. The highest BCUT2D eigenvalue weighted by molar-refractivity contribution is 5.49. The summed E-state index contributed by atoms with van der Waals surface area (Å²) in [6.07, 6.45) is 8.43. The van der Waals surface area contributed by atoms with Crippen LogP contribution in [-0.4, -0.2) is 0 Å². The fourth-order valence-corrected chi connectivity index (χ4v) is 5.68. The fourth-order valence-electron chi connectivity index (χ4n) is 5.68.